The fourth-order valence-corrected chi connectivity index (χ4v) is 6.06. The Bertz CT molecular complexity index is 1430. The molecule has 0 bridgehead atoms. The number of nitrogens with two attached hydrogens (primary N) is 1. The van der Waals surface area contributed by atoms with Gasteiger partial charge in [-0.05, 0) is 37.7 Å². The van der Waals surface area contributed by atoms with Crippen LogP contribution in [0.5, 0.6) is 11.8 Å². The lowest BCUT2D eigenvalue weighted by Crippen LogP contribution is -2.50. The lowest BCUT2D eigenvalue weighted by Gasteiger charge is -2.40. The molecule has 10 heteroatoms. The number of ether oxygens (including phenoxy) is 1. The largest absolute Gasteiger partial charge is 0.421 e. The topological polar surface area (TPSA) is 118 Å². The second-order valence-corrected chi connectivity index (χ2v) is 9.29. The molecule has 4 N–H and O–H groups in total. The van der Waals surface area contributed by atoms with Gasteiger partial charge in [0.15, 0.2) is 5.75 Å². The van der Waals surface area contributed by atoms with Gasteiger partial charge in [0, 0.05) is 36.6 Å². The number of aromatic amines is 1. The second kappa shape index (κ2) is 6.50. The molecule has 2 aliphatic heterocycles. The monoisotopic (exact) mass is 446 g/mol. The summed E-state index contributed by atoms with van der Waals surface area (Å²) in [5, 5.41) is 4.78. The van der Waals surface area contributed by atoms with E-state index >= 15 is 4.39 Å². The van der Waals surface area contributed by atoms with Gasteiger partial charge in [-0.1, -0.05) is 0 Å². The number of nitrogens with one attached hydrogen (secondary N) is 2. The Morgan fingerprint density at radius 3 is 2.82 bits per heavy atom. The zero-order chi connectivity index (χ0) is 22.4. The summed E-state index contributed by atoms with van der Waals surface area (Å²) in [6.45, 7) is 2.66. The van der Waals surface area contributed by atoms with Crippen LogP contribution in [0.4, 0.5) is 15.9 Å². The molecular weight excluding hydrogens is 423 g/mol. The molecule has 0 radical (unpaired) electrons. The van der Waals surface area contributed by atoms with Crippen LogP contribution < -0.4 is 20.7 Å². The van der Waals surface area contributed by atoms with E-state index in [0.717, 1.165) is 35.1 Å². The molecule has 2 fully saturated rings. The lowest BCUT2D eigenvalue weighted by atomic mass is 9.68. The van der Waals surface area contributed by atoms with Crippen molar-refractivity contribution in [3.8, 4) is 11.8 Å². The fourth-order valence-electron chi connectivity index (χ4n) is 6.06. The van der Waals surface area contributed by atoms with Gasteiger partial charge in [-0.3, -0.25) is 0 Å². The normalized spacial score (nSPS) is 25.2. The number of halogens is 1. The van der Waals surface area contributed by atoms with Gasteiger partial charge in [-0.2, -0.15) is 9.97 Å². The Kier molecular flexibility index (Phi) is 3.74. The molecule has 168 valence electrons. The van der Waals surface area contributed by atoms with Crippen molar-refractivity contribution >= 4 is 33.4 Å². The van der Waals surface area contributed by atoms with Crippen LogP contribution in [-0.2, 0) is 6.42 Å². The first-order valence-corrected chi connectivity index (χ1v) is 11.2. The highest BCUT2D eigenvalue weighted by atomic mass is 19.1. The van der Waals surface area contributed by atoms with Crippen molar-refractivity contribution in [3.63, 3.8) is 0 Å². The van der Waals surface area contributed by atoms with Crippen LogP contribution in [0.1, 0.15) is 17.8 Å². The Labute approximate surface area is 188 Å². The van der Waals surface area contributed by atoms with Gasteiger partial charge in [-0.25, -0.2) is 14.4 Å². The molecule has 33 heavy (non-hydrogen) atoms. The minimum absolute atomic E-state index is 0.0953. The minimum Gasteiger partial charge on any atom is -0.421 e. The average Bonchev–Trinajstić information content (AvgIpc) is 3.27. The standard InChI is InChI=1S/C23H23FN8O/c1-9-27-6-11(7-28-9)33-23-30-21-19-18-12(13(24)5-15(26-2)20(18)29-21)4-16-17-10(3-14(17)25)8-32(16)22(19)31-23/h5-7,10,14,16-17,26H,3-4,8,25H2,1-2H3,(H,29,30,31). The van der Waals surface area contributed by atoms with Crippen LogP contribution in [0.3, 0.4) is 0 Å². The highest BCUT2D eigenvalue weighted by Crippen LogP contribution is 2.51. The van der Waals surface area contributed by atoms with Crippen molar-refractivity contribution in [2.24, 2.45) is 17.6 Å². The number of fused-ring (bicyclic) bond motifs is 4. The van der Waals surface area contributed by atoms with E-state index in [9.17, 15) is 0 Å². The average molecular weight is 446 g/mol. The molecule has 0 amide bonds. The maximum Gasteiger partial charge on any atom is 0.326 e. The summed E-state index contributed by atoms with van der Waals surface area (Å²) in [6, 6.07) is 1.99. The molecule has 1 aliphatic carbocycles. The van der Waals surface area contributed by atoms with E-state index in [1.807, 2.05) is 6.92 Å². The summed E-state index contributed by atoms with van der Waals surface area (Å²) in [4.78, 5) is 23.6. The SMILES string of the molecule is CNc1cc(F)c2c3c1[nH]c1nc(Oc4cnc(C)nc4)nc(c13)N1CC3CC(N)C3C1C2. The van der Waals surface area contributed by atoms with Crippen LogP contribution in [0.15, 0.2) is 18.5 Å². The first-order valence-electron chi connectivity index (χ1n) is 11.2. The third-order valence-electron chi connectivity index (χ3n) is 7.55. The van der Waals surface area contributed by atoms with Crippen LogP contribution in [0.25, 0.3) is 21.9 Å². The zero-order valence-corrected chi connectivity index (χ0v) is 18.3. The molecule has 0 spiro atoms. The number of benzene rings is 1. The Balaban J connectivity index is 1.48. The van der Waals surface area contributed by atoms with Gasteiger partial charge in [0.05, 0.1) is 29.0 Å². The number of anilines is 2. The van der Waals surface area contributed by atoms with Crippen molar-refractivity contribution in [1.29, 1.82) is 0 Å². The Morgan fingerprint density at radius 1 is 1.24 bits per heavy atom. The summed E-state index contributed by atoms with van der Waals surface area (Å²) in [6.07, 6.45) is 4.78. The predicted molar refractivity (Wildman–Crippen MR) is 122 cm³/mol. The highest BCUT2D eigenvalue weighted by molar-refractivity contribution is 6.16. The van der Waals surface area contributed by atoms with E-state index in [1.54, 1.807) is 25.5 Å². The molecular formula is C23H23FN8O. The van der Waals surface area contributed by atoms with E-state index in [2.05, 4.69) is 30.2 Å². The van der Waals surface area contributed by atoms with E-state index in [4.69, 9.17) is 15.5 Å². The molecule has 1 saturated heterocycles. The van der Waals surface area contributed by atoms with Gasteiger partial charge in [0.25, 0.3) is 0 Å². The highest BCUT2D eigenvalue weighted by Gasteiger charge is 2.53. The Hall–Kier alpha value is -3.53. The molecule has 9 nitrogen and oxygen atoms in total. The minimum atomic E-state index is -0.214. The number of hydrogen-bond acceptors (Lipinski definition) is 8. The van der Waals surface area contributed by atoms with Gasteiger partial charge >= 0.3 is 6.01 Å². The van der Waals surface area contributed by atoms with Crippen molar-refractivity contribution < 1.29 is 9.13 Å². The number of H-pyrrole nitrogens is 1. The molecule has 1 saturated carbocycles. The van der Waals surface area contributed by atoms with Crippen LogP contribution in [0, 0.1) is 24.6 Å². The number of nitrogens with zero attached hydrogens (tertiary/aromatic N) is 5. The third-order valence-corrected chi connectivity index (χ3v) is 7.55. The summed E-state index contributed by atoms with van der Waals surface area (Å²) >= 11 is 0. The Morgan fingerprint density at radius 2 is 2.06 bits per heavy atom. The quantitative estimate of drug-likeness (QED) is 0.440. The summed E-state index contributed by atoms with van der Waals surface area (Å²) < 4.78 is 21.3. The molecule has 5 heterocycles. The molecule has 4 unspecified atom stereocenters. The van der Waals surface area contributed by atoms with Crippen molar-refractivity contribution in [2.45, 2.75) is 31.8 Å². The van der Waals surface area contributed by atoms with Crippen LogP contribution in [0.2, 0.25) is 0 Å². The molecule has 3 aliphatic rings. The molecule has 1 aromatic carbocycles. The summed E-state index contributed by atoms with van der Waals surface area (Å²) in [5.74, 6) is 2.50. The van der Waals surface area contributed by atoms with Crippen LogP contribution in [-0.4, -0.2) is 50.6 Å². The predicted octanol–water partition coefficient (Wildman–Crippen LogP) is 2.89. The molecule has 3 aromatic heterocycles. The molecule has 7 rings (SSSR count). The van der Waals surface area contributed by atoms with E-state index in [0.29, 0.717) is 46.7 Å². The van der Waals surface area contributed by atoms with Gasteiger partial charge < -0.3 is 25.7 Å². The molecule has 4 aromatic rings. The van der Waals surface area contributed by atoms with Gasteiger partial charge in [0.1, 0.15) is 23.1 Å². The first-order chi connectivity index (χ1) is 16.0. The lowest BCUT2D eigenvalue weighted by molar-refractivity contribution is 0.164. The van der Waals surface area contributed by atoms with Gasteiger partial charge in [0.2, 0.25) is 0 Å². The number of aromatic nitrogens is 5. The third kappa shape index (κ3) is 2.55. The van der Waals surface area contributed by atoms with E-state index < -0.39 is 0 Å². The maximum atomic E-state index is 15.4. The van der Waals surface area contributed by atoms with Crippen molar-refractivity contribution in [3.05, 3.63) is 35.7 Å². The summed E-state index contributed by atoms with van der Waals surface area (Å²) in [5.41, 5.74) is 9.24. The maximum absolute atomic E-state index is 15.4. The van der Waals surface area contributed by atoms with E-state index in [-0.39, 0.29) is 23.9 Å². The zero-order valence-electron chi connectivity index (χ0n) is 18.3. The van der Waals surface area contributed by atoms with Crippen LogP contribution >= 0.6 is 0 Å². The second-order valence-electron chi connectivity index (χ2n) is 9.29. The van der Waals surface area contributed by atoms with Gasteiger partial charge in [-0.15, -0.1) is 0 Å². The first kappa shape index (κ1) is 19.0. The summed E-state index contributed by atoms with van der Waals surface area (Å²) in [7, 11) is 1.79. The smallest absolute Gasteiger partial charge is 0.326 e. The van der Waals surface area contributed by atoms with Crippen molar-refractivity contribution in [1.82, 2.24) is 24.9 Å². The number of aryl methyl sites for hydroxylation is 1. The fraction of sp³-hybridized carbons (Fsp3) is 0.391. The number of hydrogen-bond donors (Lipinski definition) is 3. The van der Waals surface area contributed by atoms with Crippen molar-refractivity contribution in [2.75, 3.05) is 23.8 Å². The van der Waals surface area contributed by atoms with E-state index in [1.165, 1.54) is 0 Å². The number of rotatable bonds is 3. The molecule has 4 atom stereocenters.